The summed E-state index contributed by atoms with van der Waals surface area (Å²) in [7, 11) is 0. The zero-order valence-electron chi connectivity index (χ0n) is 12.1. The lowest BCUT2D eigenvalue weighted by atomic mass is 10.2. The average Bonchev–Trinajstić information content (AvgIpc) is 2.26. The average molecular weight is 277 g/mol. The second kappa shape index (κ2) is 6.23. The largest absolute Gasteiger partial charge is 0.514 e. The van der Waals surface area contributed by atoms with E-state index in [0.29, 0.717) is 17.0 Å². The predicted molar refractivity (Wildman–Crippen MR) is 76.7 cm³/mol. The van der Waals surface area contributed by atoms with Gasteiger partial charge in [-0.15, -0.1) is 0 Å². The van der Waals surface area contributed by atoms with Crippen LogP contribution in [0.2, 0.25) is 0 Å². The topological polar surface area (TPSA) is 64.6 Å². The summed E-state index contributed by atoms with van der Waals surface area (Å²) in [6.45, 7) is 10.4. The Hall–Kier alpha value is -2.30. The van der Waals surface area contributed by atoms with Crippen LogP contribution in [0, 0.1) is 0 Å². The molecular formula is C15H19NO4. The Bertz CT molecular complexity index is 529. The molecule has 0 heterocycles. The fourth-order valence-corrected chi connectivity index (χ4v) is 1.24. The fourth-order valence-electron chi connectivity index (χ4n) is 1.24. The Morgan fingerprint density at radius 3 is 2.45 bits per heavy atom. The molecule has 5 nitrogen and oxygen atoms in total. The minimum Gasteiger partial charge on any atom is -0.428 e. The lowest BCUT2D eigenvalue weighted by molar-refractivity contribution is -0.112. The molecule has 0 atom stereocenters. The van der Waals surface area contributed by atoms with E-state index in [-0.39, 0.29) is 5.91 Å². The standard InChI is InChI=1S/C15H19NO4/c1-10(2)13(17)16-11-7-6-8-12(9-11)19-14(18)20-15(3,4)5/h6-9H,1H2,2-5H3,(H,16,17). The van der Waals surface area contributed by atoms with Gasteiger partial charge in [-0.1, -0.05) is 12.6 Å². The molecule has 0 aliphatic rings. The van der Waals surface area contributed by atoms with Gasteiger partial charge in [0.1, 0.15) is 11.4 Å². The third-order valence-electron chi connectivity index (χ3n) is 2.07. The number of carbonyl (C=O) groups is 2. The molecule has 0 aromatic heterocycles. The van der Waals surface area contributed by atoms with Gasteiger partial charge in [-0.05, 0) is 39.8 Å². The summed E-state index contributed by atoms with van der Waals surface area (Å²) in [5, 5.41) is 2.63. The lowest BCUT2D eigenvalue weighted by Crippen LogP contribution is -2.26. The molecule has 0 saturated heterocycles. The summed E-state index contributed by atoms with van der Waals surface area (Å²) in [4.78, 5) is 23.0. The number of carbonyl (C=O) groups excluding carboxylic acids is 2. The van der Waals surface area contributed by atoms with Crippen molar-refractivity contribution in [3.8, 4) is 5.75 Å². The number of nitrogens with one attached hydrogen (secondary N) is 1. The summed E-state index contributed by atoms with van der Waals surface area (Å²) in [5.74, 6) is -0.00168. The Morgan fingerprint density at radius 1 is 1.25 bits per heavy atom. The van der Waals surface area contributed by atoms with Crippen molar-refractivity contribution in [1.29, 1.82) is 0 Å². The maximum absolute atomic E-state index is 11.5. The van der Waals surface area contributed by atoms with Gasteiger partial charge in [-0.25, -0.2) is 4.79 Å². The molecule has 1 aromatic rings. The first-order chi connectivity index (χ1) is 9.17. The van der Waals surface area contributed by atoms with E-state index in [2.05, 4.69) is 11.9 Å². The van der Waals surface area contributed by atoms with Crippen molar-refractivity contribution in [2.45, 2.75) is 33.3 Å². The lowest BCUT2D eigenvalue weighted by Gasteiger charge is -2.18. The van der Waals surface area contributed by atoms with E-state index in [0.717, 1.165) is 0 Å². The molecule has 0 aliphatic heterocycles. The number of ether oxygens (including phenoxy) is 2. The summed E-state index contributed by atoms with van der Waals surface area (Å²) in [5.41, 5.74) is 0.283. The predicted octanol–water partition coefficient (Wildman–Crippen LogP) is 3.52. The van der Waals surface area contributed by atoms with Crippen molar-refractivity contribution in [2.24, 2.45) is 0 Å². The minimum atomic E-state index is -0.791. The first-order valence-corrected chi connectivity index (χ1v) is 6.15. The van der Waals surface area contributed by atoms with E-state index in [9.17, 15) is 9.59 Å². The number of hydrogen-bond donors (Lipinski definition) is 1. The number of benzene rings is 1. The van der Waals surface area contributed by atoms with Gasteiger partial charge in [0.2, 0.25) is 0 Å². The van der Waals surface area contributed by atoms with Gasteiger partial charge in [0.05, 0.1) is 0 Å². The molecule has 1 rings (SSSR count). The van der Waals surface area contributed by atoms with Crippen LogP contribution >= 0.6 is 0 Å². The smallest absolute Gasteiger partial charge is 0.428 e. The van der Waals surface area contributed by atoms with Gasteiger partial charge in [-0.3, -0.25) is 4.79 Å². The van der Waals surface area contributed by atoms with Crippen LogP contribution in [0.25, 0.3) is 0 Å². The maximum Gasteiger partial charge on any atom is 0.514 e. The van der Waals surface area contributed by atoms with Crippen molar-refractivity contribution in [3.05, 3.63) is 36.4 Å². The van der Waals surface area contributed by atoms with Crippen LogP contribution in [-0.2, 0) is 9.53 Å². The third kappa shape index (κ3) is 5.56. The molecule has 0 spiro atoms. The van der Waals surface area contributed by atoms with Crippen LogP contribution in [0.4, 0.5) is 10.5 Å². The Labute approximate surface area is 118 Å². The van der Waals surface area contributed by atoms with Gasteiger partial charge < -0.3 is 14.8 Å². The molecule has 0 fully saturated rings. The van der Waals surface area contributed by atoms with E-state index in [1.165, 1.54) is 6.07 Å². The molecule has 1 amide bonds. The highest BCUT2D eigenvalue weighted by Crippen LogP contribution is 2.19. The molecule has 0 radical (unpaired) electrons. The first-order valence-electron chi connectivity index (χ1n) is 6.15. The second-order valence-corrected chi connectivity index (χ2v) is 5.33. The molecular weight excluding hydrogens is 258 g/mol. The van der Waals surface area contributed by atoms with Crippen LogP contribution < -0.4 is 10.1 Å². The molecule has 0 saturated carbocycles. The maximum atomic E-state index is 11.5. The van der Waals surface area contributed by atoms with Crippen LogP contribution in [0.15, 0.2) is 36.4 Å². The van der Waals surface area contributed by atoms with E-state index in [4.69, 9.17) is 9.47 Å². The van der Waals surface area contributed by atoms with Crippen molar-refractivity contribution < 1.29 is 19.1 Å². The normalized spacial score (nSPS) is 10.6. The molecule has 0 aliphatic carbocycles. The summed E-state index contributed by atoms with van der Waals surface area (Å²) < 4.78 is 10.1. The Kier molecular flexibility index (Phi) is 4.91. The van der Waals surface area contributed by atoms with Gasteiger partial charge in [0.25, 0.3) is 5.91 Å². The van der Waals surface area contributed by atoms with E-state index in [1.54, 1.807) is 45.9 Å². The molecule has 20 heavy (non-hydrogen) atoms. The summed E-state index contributed by atoms with van der Waals surface area (Å²) >= 11 is 0. The third-order valence-corrected chi connectivity index (χ3v) is 2.07. The van der Waals surface area contributed by atoms with E-state index < -0.39 is 11.8 Å². The highest BCUT2D eigenvalue weighted by molar-refractivity contribution is 6.02. The molecule has 0 bridgehead atoms. The Morgan fingerprint density at radius 2 is 1.90 bits per heavy atom. The molecule has 1 aromatic carbocycles. The monoisotopic (exact) mass is 277 g/mol. The quantitative estimate of drug-likeness (QED) is 0.521. The first kappa shape index (κ1) is 15.8. The second-order valence-electron chi connectivity index (χ2n) is 5.33. The van der Waals surface area contributed by atoms with Crippen molar-refractivity contribution in [2.75, 3.05) is 5.32 Å². The summed E-state index contributed by atoms with van der Waals surface area (Å²) in [6.07, 6.45) is -0.791. The van der Waals surface area contributed by atoms with Crippen molar-refractivity contribution in [1.82, 2.24) is 0 Å². The van der Waals surface area contributed by atoms with Crippen molar-refractivity contribution in [3.63, 3.8) is 0 Å². The van der Waals surface area contributed by atoms with Crippen molar-refractivity contribution >= 4 is 17.7 Å². The minimum absolute atomic E-state index is 0.291. The highest BCUT2D eigenvalue weighted by atomic mass is 16.7. The van der Waals surface area contributed by atoms with Gasteiger partial charge in [-0.2, -0.15) is 0 Å². The number of hydrogen-bond acceptors (Lipinski definition) is 4. The highest BCUT2D eigenvalue weighted by Gasteiger charge is 2.18. The fraction of sp³-hybridized carbons (Fsp3) is 0.333. The van der Waals surface area contributed by atoms with Crippen LogP contribution in [0.1, 0.15) is 27.7 Å². The zero-order chi connectivity index (χ0) is 15.3. The molecule has 0 unspecified atom stereocenters. The number of rotatable bonds is 3. The summed E-state index contributed by atoms with van der Waals surface area (Å²) in [6, 6.07) is 6.47. The van der Waals surface area contributed by atoms with Gasteiger partial charge >= 0.3 is 6.16 Å². The van der Waals surface area contributed by atoms with Gasteiger partial charge in [0.15, 0.2) is 0 Å². The number of amides is 1. The van der Waals surface area contributed by atoms with E-state index >= 15 is 0 Å². The zero-order valence-corrected chi connectivity index (χ0v) is 12.1. The van der Waals surface area contributed by atoms with Crippen LogP contribution in [-0.4, -0.2) is 17.7 Å². The number of anilines is 1. The molecule has 5 heteroatoms. The molecule has 108 valence electrons. The van der Waals surface area contributed by atoms with Gasteiger partial charge in [0, 0.05) is 17.3 Å². The Balaban J connectivity index is 2.71. The molecule has 1 N–H and O–H groups in total. The SMILES string of the molecule is C=C(C)C(=O)Nc1cccc(OC(=O)OC(C)(C)C)c1. The van der Waals surface area contributed by atoms with Crippen LogP contribution in [0.5, 0.6) is 5.75 Å². The van der Waals surface area contributed by atoms with Crippen LogP contribution in [0.3, 0.4) is 0 Å². The van der Waals surface area contributed by atoms with E-state index in [1.807, 2.05) is 0 Å².